The zero-order chi connectivity index (χ0) is 20.6. The second kappa shape index (κ2) is 7.79. The van der Waals surface area contributed by atoms with Crippen molar-refractivity contribution in [3.8, 4) is 0 Å². The van der Waals surface area contributed by atoms with Crippen molar-refractivity contribution in [1.29, 1.82) is 0 Å². The summed E-state index contributed by atoms with van der Waals surface area (Å²) in [7, 11) is -1.79. The Morgan fingerprint density at radius 2 is 1.93 bits per heavy atom. The molecule has 1 saturated carbocycles. The van der Waals surface area contributed by atoms with Gasteiger partial charge in [-0.25, -0.2) is 8.42 Å². The molecule has 0 spiro atoms. The van der Waals surface area contributed by atoms with Gasteiger partial charge in [0.2, 0.25) is 10.0 Å². The summed E-state index contributed by atoms with van der Waals surface area (Å²) in [5, 5.41) is 9.83. The number of hydrogen-bond acceptors (Lipinski definition) is 6. The van der Waals surface area contributed by atoms with Crippen molar-refractivity contribution < 1.29 is 17.7 Å². The summed E-state index contributed by atoms with van der Waals surface area (Å²) in [5.41, 5.74) is 1.15. The van der Waals surface area contributed by atoms with E-state index in [0.717, 1.165) is 24.3 Å². The van der Waals surface area contributed by atoms with Gasteiger partial charge < -0.3 is 15.2 Å². The van der Waals surface area contributed by atoms with E-state index in [1.54, 1.807) is 37.4 Å². The van der Waals surface area contributed by atoms with Gasteiger partial charge in [-0.3, -0.25) is 4.79 Å². The first-order valence-corrected chi connectivity index (χ1v) is 11.4. The minimum atomic E-state index is -3.57. The molecule has 1 aromatic carbocycles. The zero-order valence-corrected chi connectivity index (χ0v) is 17.4. The minimum absolute atomic E-state index is 0.100. The fourth-order valence-electron chi connectivity index (χ4n) is 3.78. The maximum Gasteiger partial charge on any atom is 0.273 e. The Labute approximate surface area is 170 Å². The van der Waals surface area contributed by atoms with Crippen LogP contribution in [0.3, 0.4) is 0 Å². The van der Waals surface area contributed by atoms with Crippen LogP contribution in [0, 0.1) is 0 Å². The molecule has 1 amide bonds. The number of anilines is 1. The van der Waals surface area contributed by atoms with Crippen LogP contribution >= 0.6 is 0 Å². The van der Waals surface area contributed by atoms with Gasteiger partial charge in [0.25, 0.3) is 5.91 Å². The number of aromatic nitrogens is 1. The van der Waals surface area contributed by atoms with Crippen LogP contribution in [-0.2, 0) is 10.0 Å². The van der Waals surface area contributed by atoms with E-state index in [1.165, 1.54) is 4.31 Å². The molecule has 1 saturated heterocycles. The van der Waals surface area contributed by atoms with Gasteiger partial charge in [-0.05, 0) is 56.9 Å². The van der Waals surface area contributed by atoms with Gasteiger partial charge in [0.15, 0.2) is 5.69 Å². The third-order valence-corrected chi connectivity index (χ3v) is 7.67. The fourth-order valence-corrected chi connectivity index (χ4v) is 5.44. The number of nitrogens with one attached hydrogen (secondary N) is 2. The van der Waals surface area contributed by atoms with Gasteiger partial charge in [-0.2, -0.15) is 4.31 Å². The molecule has 29 heavy (non-hydrogen) atoms. The highest BCUT2D eigenvalue weighted by molar-refractivity contribution is 7.89. The number of sulfonamides is 1. The maximum absolute atomic E-state index is 13.0. The van der Waals surface area contributed by atoms with Gasteiger partial charge in [0.05, 0.1) is 4.90 Å². The molecule has 2 atom stereocenters. The van der Waals surface area contributed by atoms with Gasteiger partial charge in [-0.1, -0.05) is 5.16 Å². The SMILES string of the molecule is CNc1ccc(S(=O)(=O)N2CC[C@@H](NC(=O)c3cc(C4CC4)on3)C[C@H]2C)cc1. The van der Waals surface area contributed by atoms with Crippen molar-refractivity contribution >= 4 is 21.6 Å². The van der Waals surface area contributed by atoms with E-state index in [-0.39, 0.29) is 22.9 Å². The quantitative estimate of drug-likeness (QED) is 0.747. The number of nitrogens with zero attached hydrogens (tertiary/aromatic N) is 2. The normalized spacial score (nSPS) is 23.0. The predicted octanol–water partition coefficient (Wildman–Crippen LogP) is 2.57. The first-order valence-electron chi connectivity index (χ1n) is 9.95. The molecule has 2 aliphatic rings. The Balaban J connectivity index is 1.38. The summed E-state index contributed by atoms with van der Waals surface area (Å²) < 4.78 is 32.8. The highest BCUT2D eigenvalue weighted by atomic mass is 32.2. The molecule has 0 unspecified atom stereocenters. The molecule has 0 radical (unpaired) electrons. The maximum atomic E-state index is 13.0. The lowest BCUT2D eigenvalue weighted by Crippen LogP contribution is -2.50. The smallest absolute Gasteiger partial charge is 0.273 e. The Morgan fingerprint density at radius 1 is 1.21 bits per heavy atom. The molecule has 9 heteroatoms. The van der Waals surface area contributed by atoms with Gasteiger partial charge in [0.1, 0.15) is 5.76 Å². The van der Waals surface area contributed by atoms with Crippen molar-refractivity contribution in [3.63, 3.8) is 0 Å². The van der Waals surface area contributed by atoms with Crippen LogP contribution in [0.25, 0.3) is 0 Å². The number of piperidine rings is 1. The summed E-state index contributed by atoms with van der Waals surface area (Å²) >= 11 is 0. The number of carbonyl (C=O) groups is 1. The van der Waals surface area contributed by atoms with Crippen molar-refractivity contribution in [1.82, 2.24) is 14.8 Å². The number of amides is 1. The van der Waals surface area contributed by atoms with E-state index in [9.17, 15) is 13.2 Å². The van der Waals surface area contributed by atoms with Crippen LogP contribution < -0.4 is 10.6 Å². The Kier molecular flexibility index (Phi) is 5.35. The summed E-state index contributed by atoms with van der Waals surface area (Å²) in [4.78, 5) is 12.7. The third kappa shape index (κ3) is 4.16. The molecule has 8 nitrogen and oxygen atoms in total. The van der Waals surface area contributed by atoms with Crippen LogP contribution in [0.1, 0.15) is 54.8 Å². The molecule has 1 aromatic heterocycles. The first-order chi connectivity index (χ1) is 13.9. The molecule has 2 N–H and O–H groups in total. The average molecular weight is 419 g/mol. The molecular weight excluding hydrogens is 392 g/mol. The highest BCUT2D eigenvalue weighted by Crippen LogP contribution is 2.40. The summed E-state index contributed by atoms with van der Waals surface area (Å²) in [6.45, 7) is 2.23. The summed E-state index contributed by atoms with van der Waals surface area (Å²) in [5.74, 6) is 0.908. The molecule has 0 bridgehead atoms. The number of rotatable bonds is 6. The molecule has 2 fully saturated rings. The van der Waals surface area contributed by atoms with Crippen LogP contribution in [0.2, 0.25) is 0 Å². The molecular formula is C20H26N4O4S. The Morgan fingerprint density at radius 3 is 2.55 bits per heavy atom. The van der Waals surface area contributed by atoms with Crippen LogP contribution in [0.4, 0.5) is 5.69 Å². The number of carbonyl (C=O) groups excluding carboxylic acids is 1. The lowest BCUT2D eigenvalue weighted by atomic mass is 10.0. The predicted molar refractivity (Wildman–Crippen MR) is 108 cm³/mol. The molecule has 2 aromatic rings. The number of hydrogen-bond donors (Lipinski definition) is 2. The Bertz CT molecular complexity index is 982. The lowest BCUT2D eigenvalue weighted by Gasteiger charge is -2.36. The largest absolute Gasteiger partial charge is 0.388 e. The second-order valence-electron chi connectivity index (χ2n) is 7.82. The summed E-state index contributed by atoms with van der Waals surface area (Å²) in [6, 6.07) is 8.12. The van der Waals surface area contributed by atoms with Crippen molar-refractivity contribution in [3.05, 3.63) is 41.8 Å². The van der Waals surface area contributed by atoms with Gasteiger partial charge in [-0.15, -0.1) is 0 Å². The van der Waals surface area contributed by atoms with Crippen LogP contribution in [0.5, 0.6) is 0 Å². The van der Waals surface area contributed by atoms with Gasteiger partial charge >= 0.3 is 0 Å². The standard InChI is InChI=1S/C20H26N4O4S/c1-13-11-16(22-20(25)18-12-19(28-23-18)14-3-4-14)9-10-24(13)29(26,27)17-7-5-15(21-2)6-8-17/h5-8,12-14,16,21H,3-4,9-11H2,1-2H3,(H,22,25)/t13-,16-/m1/s1. The molecule has 156 valence electrons. The monoisotopic (exact) mass is 418 g/mol. The van der Waals surface area contributed by atoms with Crippen molar-refractivity contribution in [2.24, 2.45) is 0 Å². The topological polar surface area (TPSA) is 105 Å². The average Bonchev–Trinajstić information content (AvgIpc) is 3.44. The minimum Gasteiger partial charge on any atom is -0.388 e. The van der Waals surface area contributed by atoms with E-state index in [4.69, 9.17) is 4.52 Å². The molecule has 2 heterocycles. The molecule has 1 aliphatic heterocycles. The second-order valence-corrected chi connectivity index (χ2v) is 9.71. The highest BCUT2D eigenvalue weighted by Gasteiger charge is 2.35. The van der Waals surface area contributed by atoms with E-state index in [2.05, 4.69) is 15.8 Å². The summed E-state index contributed by atoms with van der Waals surface area (Å²) in [6.07, 6.45) is 3.26. The van der Waals surface area contributed by atoms with Crippen molar-refractivity contribution in [2.75, 3.05) is 18.9 Å². The van der Waals surface area contributed by atoms with E-state index < -0.39 is 10.0 Å². The lowest BCUT2D eigenvalue weighted by molar-refractivity contribution is 0.0905. The molecule has 4 rings (SSSR count). The van der Waals surface area contributed by atoms with E-state index in [0.29, 0.717) is 31.0 Å². The zero-order valence-electron chi connectivity index (χ0n) is 16.6. The fraction of sp³-hybridized carbons (Fsp3) is 0.500. The van der Waals surface area contributed by atoms with Crippen molar-refractivity contribution in [2.45, 2.75) is 55.5 Å². The van der Waals surface area contributed by atoms with E-state index >= 15 is 0 Å². The first kappa shape index (κ1) is 19.9. The Hall–Kier alpha value is -2.39. The number of benzene rings is 1. The molecule has 1 aliphatic carbocycles. The third-order valence-electron chi connectivity index (χ3n) is 5.64. The van der Waals surface area contributed by atoms with Gasteiger partial charge in [0, 0.05) is 43.3 Å². The van der Waals surface area contributed by atoms with Crippen LogP contribution in [-0.4, -0.2) is 49.5 Å². The van der Waals surface area contributed by atoms with Crippen LogP contribution in [0.15, 0.2) is 39.8 Å². The van der Waals surface area contributed by atoms with E-state index in [1.807, 2.05) is 6.92 Å².